The van der Waals surface area contributed by atoms with E-state index in [1.165, 1.54) is 0 Å². The third-order valence-electron chi connectivity index (χ3n) is 2.36. The van der Waals surface area contributed by atoms with E-state index in [-0.39, 0.29) is 6.42 Å². The molecule has 0 fully saturated rings. The predicted octanol–water partition coefficient (Wildman–Crippen LogP) is 3.96. The van der Waals surface area contributed by atoms with Gasteiger partial charge in [0.05, 0.1) is 11.1 Å². The lowest BCUT2D eigenvalue weighted by atomic mass is 10.1. The third kappa shape index (κ3) is 3.89. The first kappa shape index (κ1) is 14.3. The molecular formula is C12H14BrClO3. The van der Waals surface area contributed by atoms with Crippen molar-refractivity contribution >= 4 is 33.5 Å². The Morgan fingerprint density at radius 2 is 2.18 bits per heavy atom. The molecule has 94 valence electrons. The van der Waals surface area contributed by atoms with Gasteiger partial charge >= 0.3 is 5.97 Å². The summed E-state index contributed by atoms with van der Waals surface area (Å²) in [5.74, 6) is -0.106. The van der Waals surface area contributed by atoms with Crippen LogP contribution in [0.3, 0.4) is 0 Å². The second kappa shape index (κ2) is 6.26. The zero-order valence-corrected chi connectivity index (χ0v) is 12.1. The van der Waals surface area contributed by atoms with Crippen LogP contribution in [0.4, 0.5) is 0 Å². The van der Waals surface area contributed by atoms with Crippen molar-refractivity contribution in [1.29, 1.82) is 0 Å². The smallest absolute Gasteiger partial charge is 0.303 e. The van der Waals surface area contributed by atoms with E-state index in [2.05, 4.69) is 15.9 Å². The Hall–Kier alpha value is -0.740. The van der Waals surface area contributed by atoms with Crippen LogP contribution in [0.5, 0.6) is 5.75 Å². The number of ether oxygens (including phenoxy) is 1. The van der Waals surface area contributed by atoms with Gasteiger partial charge in [-0.3, -0.25) is 4.79 Å². The minimum absolute atomic E-state index is 0.114. The number of hydrogen-bond acceptors (Lipinski definition) is 2. The molecule has 0 aliphatic rings. The van der Waals surface area contributed by atoms with Gasteiger partial charge in [0.15, 0.2) is 0 Å². The molecule has 17 heavy (non-hydrogen) atoms. The van der Waals surface area contributed by atoms with Crippen LogP contribution in [0.1, 0.15) is 24.0 Å². The van der Waals surface area contributed by atoms with Gasteiger partial charge in [0.2, 0.25) is 0 Å². The van der Waals surface area contributed by atoms with Crippen LogP contribution in [-0.4, -0.2) is 17.7 Å². The Morgan fingerprint density at radius 3 is 2.76 bits per heavy atom. The molecule has 1 aromatic carbocycles. The highest BCUT2D eigenvalue weighted by Gasteiger charge is 2.10. The molecule has 0 spiro atoms. The maximum atomic E-state index is 10.3. The van der Waals surface area contributed by atoms with Crippen molar-refractivity contribution in [3.63, 3.8) is 0 Å². The molecule has 0 saturated carbocycles. The molecule has 3 nitrogen and oxygen atoms in total. The quantitative estimate of drug-likeness (QED) is 0.835. The number of carboxylic acids is 1. The second-order valence-corrected chi connectivity index (χ2v) is 4.96. The molecule has 0 aromatic heterocycles. The van der Waals surface area contributed by atoms with Gasteiger partial charge in [-0.15, -0.1) is 0 Å². The van der Waals surface area contributed by atoms with Gasteiger partial charge in [0, 0.05) is 11.4 Å². The fourth-order valence-corrected chi connectivity index (χ4v) is 2.10. The van der Waals surface area contributed by atoms with Crippen LogP contribution >= 0.6 is 27.5 Å². The van der Waals surface area contributed by atoms with Crippen LogP contribution in [0.15, 0.2) is 10.5 Å². The summed E-state index contributed by atoms with van der Waals surface area (Å²) in [4.78, 5) is 10.3. The van der Waals surface area contributed by atoms with Crippen molar-refractivity contribution in [2.45, 2.75) is 26.7 Å². The van der Waals surface area contributed by atoms with Crippen molar-refractivity contribution in [3.8, 4) is 5.75 Å². The van der Waals surface area contributed by atoms with Crippen molar-refractivity contribution in [2.24, 2.45) is 0 Å². The van der Waals surface area contributed by atoms with Crippen molar-refractivity contribution in [1.82, 2.24) is 0 Å². The molecule has 0 saturated heterocycles. The molecule has 1 aromatic rings. The molecule has 1 rings (SSSR count). The van der Waals surface area contributed by atoms with Gasteiger partial charge in [-0.05, 0) is 53.4 Å². The van der Waals surface area contributed by atoms with Gasteiger partial charge < -0.3 is 9.84 Å². The zero-order valence-electron chi connectivity index (χ0n) is 9.72. The minimum atomic E-state index is -0.809. The van der Waals surface area contributed by atoms with Gasteiger partial charge in [-0.2, -0.15) is 0 Å². The normalized spacial score (nSPS) is 10.4. The van der Waals surface area contributed by atoms with Crippen molar-refractivity contribution in [2.75, 3.05) is 6.61 Å². The van der Waals surface area contributed by atoms with E-state index in [4.69, 9.17) is 21.4 Å². The molecular weight excluding hydrogens is 307 g/mol. The van der Waals surface area contributed by atoms with E-state index in [1.54, 1.807) is 0 Å². The monoisotopic (exact) mass is 320 g/mol. The number of halogens is 2. The average molecular weight is 322 g/mol. The maximum absolute atomic E-state index is 10.3. The number of carboxylic acid groups (broad SMARTS) is 1. The number of carbonyl (C=O) groups is 1. The lowest BCUT2D eigenvalue weighted by molar-refractivity contribution is -0.137. The number of rotatable bonds is 5. The van der Waals surface area contributed by atoms with Gasteiger partial charge in [0.1, 0.15) is 5.75 Å². The van der Waals surface area contributed by atoms with Gasteiger partial charge in [0.25, 0.3) is 0 Å². The summed E-state index contributed by atoms with van der Waals surface area (Å²) in [7, 11) is 0. The summed E-state index contributed by atoms with van der Waals surface area (Å²) >= 11 is 9.51. The molecule has 0 amide bonds. The van der Waals surface area contributed by atoms with Crippen molar-refractivity contribution in [3.05, 3.63) is 26.7 Å². The summed E-state index contributed by atoms with van der Waals surface area (Å²) in [5, 5.41) is 9.22. The summed E-state index contributed by atoms with van der Waals surface area (Å²) in [5.41, 5.74) is 1.88. The third-order valence-corrected chi connectivity index (χ3v) is 3.93. The van der Waals surface area contributed by atoms with Crippen LogP contribution < -0.4 is 4.74 Å². The summed E-state index contributed by atoms with van der Waals surface area (Å²) < 4.78 is 6.36. The Balaban J connectivity index is 2.69. The molecule has 1 N–H and O–H groups in total. The van der Waals surface area contributed by atoms with E-state index >= 15 is 0 Å². The number of hydrogen-bond donors (Lipinski definition) is 1. The predicted molar refractivity (Wildman–Crippen MR) is 71.0 cm³/mol. The molecule has 0 atom stereocenters. The van der Waals surface area contributed by atoms with Crippen LogP contribution in [0.2, 0.25) is 5.02 Å². The molecule has 0 unspecified atom stereocenters. The first-order chi connectivity index (χ1) is 7.93. The topological polar surface area (TPSA) is 46.5 Å². The van der Waals surface area contributed by atoms with Crippen LogP contribution in [-0.2, 0) is 4.79 Å². The Morgan fingerprint density at radius 1 is 1.53 bits per heavy atom. The molecule has 0 bridgehead atoms. The van der Waals surface area contributed by atoms with E-state index in [0.717, 1.165) is 20.6 Å². The van der Waals surface area contributed by atoms with E-state index in [1.807, 2.05) is 19.9 Å². The first-order valence-corrected chi connectivity index (χ1v) is 6.40. The number of aryl methyl sites for hydroxylation is 1. The van der Waals surface area contributed by atoms with Gasteiger partial charge in [-0.1, -0.05) is 11.6 Å². The molecule has 0 aliphatic heterocycles. The van der Waals surface area contributed by atoms with Gasteiger partial charge in [-0.25, -0.2) is 0 Å². The van der Waals surface area contributed by atoms with Crippen LogP contribution in [0, 0.1) is 13.8 Å². The highest BCUT2D eigenvalue weighted by atomic mass is 79.9. The first-order valence-electron chi connectivity index (χ1n) is 5.23. The highest BCUT2D eigenvalue weighted by molar-refractivity contribution is 9.10. The SMILES string of the molecule is Cc1cc(OCCCC(=O)O)c(Br)c(C)c1Cl. The largest absolute Gasteiger partial charge is 0.492 e. The molecule has 0 radical (unpaired) electrons. The lowest BCUT2D eigenvalue weighted by Gasteiger charge is -2.12. The molecule has 0 aliphatic carbocycles. The van der Waals surface area contributed by atoms with Crippen LogP contribution in [0.25, 0.3) is 0 Å². The lowest BCUT2D eigenvalue weighted by Crippen LogP contribution is -2.03. The molecule has 5 heteroatoms. The summed E-state index contributed by atoms with van der Waals surface area (Å²) in [6.45, 7) is 4.20. The summed E-state index contributed by atoms with van der Waals surface area (Å²) in [6.07, 6.45) is 0.603. The van der Waals surface area contributed by atoms with E-state index < -0.39 is 5.97 Å². The second-order valence-electron chi connectivity index (χ2n) is 3.79. The van der Waals surface area contributed by atoms with Crippen molar-refractivity contribution < 1.29 is 14.6 Å². The standard InChI is InChI=1S/C12H14BrClO3/c1-7-6-9(11(13)8(2)12(7)14)17-5-3-4-10(15)16/h6H,3-5H2,1-2H3,(H,15,16). The number of aliphatic carboxylic acids is 1. The zero-order chi connectivity index (χ0) is 13.0. The Labute approximate surface area is 114 Å². The minimum Gasteiger partial charge on any atom is -0.492 e. The Bertz CT molecular complexity index is 432. The fraction of sp³-hybridized carbons (Fsp3) is 0.417. The van der Waals surface area contributed by atoms with E-state index in [0.29, 0.717) is 18.8 Å². The fourth-order valence-electron chi connectivity index (χ4n) is 1.41. The summed E-state index contributed by atoms with van der Waals surface area (Å²) in [6, 6.07) is 1.85. The van der Waals surface area contributed by atoms with E-state index in [9.17, 15) is 4.79 Å². The number of benzene rings is 1. The average Bonchev–Trinajstić information content (AvgIpc) is 2.27. The Kier molecular flexibility index (Phi) is 5.28. The highest BCUT2D eigenvalue weighted by Crippen LogP contribution is 2.35. The maximum Gasteiger partial charge on any atom is 0.303 e. The molecule has 0 heterocycles.